The Labute approximate surface area is 214 Å². The summed E-state index contributed by atoms with van der Waals surface area (Å²) in [5.74, 6) is -2.78. The Hall–Kier alpha value is -3.08. The molecule has 0 unspecified atom stereocenters. The van der Waals surface area contributed by atoms with E-state index < -0.39 is 41.4 Å². The number of hydrogen-bond acceptors (Lipinski definition) is 5. The van der Waals surface area contributed by atoms with Crippen LogP contribution in [0.4, 0.5) is 23.2 Å². The van der Waals surface area contributed by atoms with Gasteiger partial charge in [0.1, 0.15) is 11.6 Å². The van der Waals surface area contributed by atoms with Crippen LogP contribution in [0.5, 0.6) is 5.75 Å². The van der Waals surface area contributed by atoms with Crippen LogP contribution in [0.2, 0.25) is 5.02 Å². The summed E-state index contributed by atoms with van der Waals surface area (Å²) in [4.78, 5) is 26.4. The molecule has 11 heteroatoms. The second-order valence-electron chi connectivity index (χ2n) is 7.61. The molecule has 0 aromatic heterocycles. The van der Waals surface area contributed by atoms with Gasteiger partial charge in [-0.3, -0.25) is 14.3 Å². The van der Waals surface area contributed by atoms with Gasteiger partial charge in [0, 0.05) is 27.7 Å². The predicted octanol–water partition coefficient (Wildman–Crippen LogP) is 6.67. The number of ketones is 1. The van der Waals surface area contributed by atoms with Crippen molar-refractivity contribution in [3.05, 3.63) is 87.7 Å². The molecule has 190 valence electrons. The molecule has 0 aliphatic heterocycles. The first-order valence-electron chi connectivity index (χ1n) is 10.6. The van der Waals surface area contributed by atoms with Crippen molar-refractivity contribution in [2.45, 2.75) is 24.9 Å². The molecule has 0 spiro atoms. The number of anilines is 1. The highest BCUT2D eigenvalue weighted by atomic mass is 35.5. The highest BCUT2D eigenvalue weighted by Crippen LogP contribution is 2.32. The van der Waals surface area contributed by atoms with Crippen LogP contribution in [0.25, 0.3) is 0 Å². The first kappa shape index (κ1) is 27.5. The Balaban J connectivity index is 1.76. The van der Waals surface area contributed by atoms with Gasteiger partial charge in [-0.05, 0) is 79.0 Å². The van der Waals surface area contributed by atoms with Gasteiger partial charge in [0.15, 0.2) is 12.4 Å². The van der Waals surface area contributed by atoms with Crippen LogP contribution < -0.4 is 14.8 Å². The minimum absolute atomic E-state index is 0.0912. The highest BCUT2D eigenvalue weighted by Gasteiger charge is 2.32. The first-order valence-corrected chi connectivity index (χ1v) is 11.8. The number of aryl methyl sites for hydroxylation is 1. The molecule has 0 aliphatic rings. The van der Waals surface area contributed by atoms with Gasteiger partial charge in [0.25, 0.3) is 5.91 Å². The zero-order valence-electron chi connectivity index (χ0n) is 19.1. The summed E-state index contributed by atoms with van der Waals surface area (Å²) < 4.78 is 61.7. The molecule has 3 rings (SSSR count). The number of carbonyl (C=O) groups is 2. The number of alkyl halides is 3. The fraction of sp³-hybridized carbons (Fsp3) is 0.200. The minimum atomic E-state index is -4.84. The molecule has 36 heavy (non-hydrogen) atoms. The van der Waals surface area contributed by atoms with E-state index in [0.717, 1.165) is 17.0 Å². The van der Waals surface area contributed by atoms with Crippen LogP contribution in [0.15, 0.2) is 59.5 Å². The molecule has 2 N–H and O–H groups in total. The zero-order valence-corrected chi connectivity index (χ0v) is 20.7. The second kappa shape index (κ2) is 11.8. The summed E-state index contributed by atoms with van der Waals surface area (Å²) in [6.07, 6.45) is -4.84. The standard InChI is InChI=1S/C25H21ClF4N2O3S/c1-3-31-36-19-5-6-21(14(2)8-19)32-23(33)13-35-22-7-4-17(26)12-20(22)24(34)15-9-16(25(28,29)30)11-18(27)10-15/h4-12,31H,3,13H2,1-2H3,(H,32,33). The highest BCUT2D eigenvalue weighted by molar-refractivity contribution is 7.97. The SMILES string of the molecule is CCNSc1ccc(NC(=O)COc2ccc(Cl)cc2C(=O)c2cc(F)cc(C(F)(F)F)c2)c(C)c1. The number of carbonyl (C=O) groups excluding carboxylic acids is 2. The molecule has 0 fully saturated rings. The average molecular weight is 541 g/mol. The largest absolute Gasteiger partial charge is 0.483 e. The molecular formula is C25H21ClF4N2O3S. The van der Waals surface area contributed by atoms with E-state index in [9.17, 15) is 27.2 Å². The van der Waals surface area contributed by atoms with Crippen molar-refractivity contribution in [2.75, 3.05) is 18.5 Å². The van der Waals surface area contributed by atoms with Gasteiger partial charge in [0.05, 0.1) is 11.1 Å². The lowest BCUT2D eigenvalue weighted by atomic mass is 10.00. The minimum Gasteiger partial charge on any atom is -0.483 e. The van der Waals surface area contributed by atoms with E-state index in [4.69, 9.17) is 16.3 Å². The first-order chi connectivity index (χ1) is 17.0. The van der Waals surface area contributed by atoms with Crippen LogP contribution in [0.1, 0.15) is 34.0 Å². The number of rotatable bonds is 9. The third kappa shape index (κ3) is 7.22. The summed E-state index contributed by atoms with van der Waals surface area (Å²) in [7, 11) is 0. The maximum atomic E-state index is 13.8. The maximum absolute atomic E-state index is 13.8. The molecular weight excluding hydrogens is 520 g/mol. The lowest BCUT2D eigenvalue weighted by molar-refractivity contribution is -0.137. The number of ether oxygens (including phenoxy) is 1. The van der Waals surface area contributed by atoms with E-state index in [1.807, 2.05) is 26.0 Å². The van der Waals surface area contributed by atoms with Crippen molar-refractivity contribution in [1.82, 2.24) is 4.72 Å². The Morgan fingerprint density at radius 3 is 2.47 bits per heavy atom. The zero-order chi connectivity index (χ0) is 26.5. The molecule has 0 saturated carbocycles. The normalized spacial score (nSPS) is 11.3. The van der Waals surface area contributed by atoms with Gasteiger partial charge < -0.3 is 10.1 Å². The van der Waals surface area contributed by atoms with Crippen molar-refractivity contribution in [3.8, 4) is 5.75 Å². The molecule has 0 bridgehead atoms. The molecule has 5 nitrogen and oxygen atoms in total. The molecule has 3 aromatic carbocycles. The molecule has 0 saturated heterocycles. The third-order valence-corrected chi connectivity index (χ3v) is 6.00. The smallest absolute Gasteiger partial charge is 0.416 e. The van der Waals surface area contributed by atoms with Crippen molar-refractivity contribution in [2.24, 2.45) is 0 Å². The number of hydrogen-bond donors (Lipinski definition) is 2. The third-order valence-electron chi connectivity index (χ3n) is 4.84. The van der Waals surface area contributed by atoms with E-state index in [-0.39, 0.29) is 16.3 Å². The van der Waals surface area contributed by atoms with Crippen LogP contribution in [0, 0.1) is 12.7 Å². The van der Waals surface area contributed by atoms with Crippen molar-refractivity contribution in [1.29, 1.82) is 0 Å². The van der Waals surface area contributed by atoms with Crippen LogP contribution >= 0.6 is 23.5 Å². The molecule has 0 heterocycles. The fourth-order valence-electron chi connectivity index (χ4n) is 3.17. The maximum Gasteiger partial charge on any atom is 0.416 e. The van der Waals surface area contributed by atoms with Crippen LogP contribution in [-0.2, 0) is 11.0 Å². The van der Waals surface area contributed by atoms with E-state index in [0.29, 0.717) is 23.9 Å². The Kier molecular flexibility index (Phi) is 8.99. The van der Waals surface area contributed by atoms with Gasteiger partial charge in [0.2, 0.25) is 0 Å². The fourth-order valence-corrected chi connectivity index (χ4v) is 4.03. The predicted molar refractivity (Wildman–Crippen MR) is 131 cm³/mol. The summed E-state index contributed by atoms with van der Waals surface area (Å²) in [5.41, 5.74) is -0.670. The Morgan fingerprint density at radius 2 is 1.81 bits per heavy atom. The van der Waals surface area contributed by atoms with Gasteiger partial charge in [-0.1, -0.05) is 18.5 Å². The lowest BCUT2D eigenvalue weighted by Gasteiger charge is -2.14. The monoisotopic (exact) mass is 540 g/mol. The summed E-state index contributed by atoms with van der Waals surface area (Å²) >= 11 is 7.43. The quantitative estimate of drug-likeness (QED) is 0.180. The van der Waals surface area contributed by atoms with Gasteiger partial charge >= 0.3 is 6.18 Å². The van der Waals surface area contributed by atoms with E-state index in [2.05, 4.69) is 10.0 Å². The van der Waals surface area contributed by atoms with Crippen LogP contribution in [-0.4, -0.2) is 24.8 Å². The van der Waals surface area contributed by atoms with E-state index in [1.165, 1.54) is 30.1 Å². The topological polar surface area (TPSA) is 67.4 Å². The van der Waals surface area contributed by atoms with Crippen molar-refractivity contribution < 1.29 is 31.9 Å². The Morgan fingerprint density at radius 1 is 1.06 bits per heavy atom. The molecule has 3 aromatic rings. The summed E-state index contributed by atoms with van der Waals surface area (Å²) in [5, 5.41) is 2.81. The number of halogens is 5. The molecule has 0 atom stereocenters. The van der Waals surface area contributed by atoms with E-state index >= 15 is 0 Å². The second-order valence-corrected chi connectivity index (χ2v) is 9.01. The molecule has 0 radical (unpaired) electrons. The van der Waals surface area contributed by atoms with Gasteiger partial charge in [-0.2, -0.15) is 13.2 Å². The number of benzene rings is 3. The average Bonchev–Trinajstić information content (AvgIpc) is 2.82. The summed E-state index contributed by atoms with van der Waals surface area (Å²) in [6, 6.07) is 10.9. The van der Waals surface area contributed by atoms with Crippen LogP contribution in [0.3, 0.4) is 0 Å². The number of nitrogens with one attached hydrogen (secondary N) is 2. The van der Waals surface area contributed by atoms with Crippen molar-refractivity contribution >= 4 is 40.9 Å². The molecule has 0 aliphatic carbocycles. The summed E-state index contributed by atoms with van der Waals surface area (Å²) in [6.45, 7) is 4.10. The lowest BCUT2D eigenvalue weighted by Crippen LogP contribution is -2.21. The Bertz CT molecular complexity index is 1280. The number of amides is 1. The van der Waals surface area contributed by atoms with Gasteiger partial charge in [-0.25, -0.2) is 4.39 Å². The van der Waals surface area contributed by atoms with E-state index in [1.54, 1.807) is 6.07 Å². The molecule has 1 amide bonds. The van der Waals surface area contributed by atoms with Gasteiger partial charge in [-0.15, -0.1) is 0 Å². The van der Waals surface area contributed by atoms with Crippen molar-refractivity contribution in [3.63, 3.8) is 0 Å².